The largest absolute Gasteiger partial charge is 0.487 e. The van der Waals surface area contributed by atoms with E-state index >= 15 is 0 Å². The smallest absolute Gasteiger partial charge is 0.253 e. The highest BCUT2D eigenvalue weighted by atomic mass is 16.5. The molecule has 0 radical (unpaired) electrons. The second-order valence-electron chi connectivity index (χ2n) is 9.57. The average molecular weight is 484 g/mol. The Hall–Kier alpha value is -3.68. The van der Waals surface area contributed by atoms with Gasteiger partial charge in [-0.25, -0.2) is 4.98 Å². The minimum absolute atomic E-state index is 0.00308. The van der Waals surface area contributed by atoms with E-state index in [1.54, 1.807) is 4.90 Å². The van der Waals surface area contributed by atoms with Crippen molar-refractivity contribution in [2.45, 2.75) is 44.9 Å². The van der Waals surface area contributed by atoms with E-state index in [4.69, 9.17) is 4.74 Å². The first-order valence-electron chi connectivity index (χ1n) is 12.5. The lowest BCUT2D eigenvalue weighted by Crippen LogP contribution is -2.32. The summed E-state index contributed by atoms with van der Waals surface area (Å²) < 4.78 is 7.96. The third kappa shape index (κ3) is 5.75. The number of amides is 1. The second-order valence-corrected chi connectivity index (χ2v) is 9.57. The number of pyridine rings is 1. The molecule has 2 N–H and O–H groups in total. The molecule has 2 aromatic heterocycles. The van der Waals surface area contributed by atoms with Gasteiger partial charge < -0.3 is 14.0 Å². The zero-order valence-electron chi connectivity index (χ0n) is 20.9. The molecule has 1 aliphatic rings. The maximum Gasteiger partial charge on any atom is 0.253 e. The van der Waals surface area contributed by atoms with Gasteiger partial charge in [0.05, 0.1) is 5.69 Å². The maximum atomic E-state index is 13.0. The minimum Gasteiger partial charge on any atom is -0.487 e. The molecule has 1 saturated heterocycles. The zero-order chi connectivity index (χ0) is 24.9. The Kier molecular flexibility index (Phi) is 7.30. The Morgan fingerprint density at radius 2 is 1.94 bits per heavy atom. The van der Waals surface area contributed by atoms with Crippen molar-refractivity contribution < 1.29 is 9.53 Å². The number of nitrogens with zero attached hydrogens (tertiary/aromatic N) is 3. The third-order valence-electron chi connectivity index (χ3n) is 6.69. The van der Waals surface area contributed by atoms with Crippen molar-refractivity contribution in [3.8, 4) is 5.75 Å². The monoisotopic (exact) mass is 483 g/mol. The first kappa shape index (κ1) is 24.0. The van der Waals surface area contributed by atoms with E-state index in [0.717, 1.165) is 30.6 Å². The molecule has 2 aromatic carbocycles. The van der Waals surface area contributed by atoms with E-state index in [9.17, 15) is 4.79 Å². The molecule has 186 valence electrons. The number of rotatable bonds is 9. The molecule has 0 bridgehead atoms. The predicted molar refractivity (Wildman–Crippen MR) is 141 cm³/mol. The standard InChI is InChI=1S/C29H33N5O2/c1-21-13-14-28-30-25(19-34(28)18-21)20-36-26-12-6-10-23(16-26)29(35)33(2)15-7-11-24-17-27(32-31-24)22-8-4-3-5-9-22/h3-6,8-10,12-14,16,18-19,24,27,31-32H,7,11,15,17,20H2,1-2H3. The van der Waals surface area contributed by atoms with Crippen LogP contribution in [0.3, 0.4) is 0 Å². The number of benzene rings is 2. The highest BCUT2D eigenvalue weighted by Crippen LogP contribution is 2.24. The average Bonchev–Trinajstić information content (AvgIpc) is 3.54. The number of hydrogen-bond donors (Lipinski definition) is 2. The van der Waals surface area contributed by atoms with Gasteiger partial charge in [-0.15, -0.1) is 0 Å². The summed E-state index contributed by atoms with van der Waals surface area (Å²) in [6.45, 7) is 3.11. The molecule has 36 heavy (non-hydrogen) atoms. The Balaban J connectivity index is 1.10. The highest BCUT2D eigenvalue weighted by Gasteiger charge is 2.24. The van der Waals surface area contributed by atoms with Gasteiger partial charge in [-0.2, -0.15) is 0 Å². The van der Waals surface area contributed by atoms with Gasteiger partial charge in [0.15, 0.2) is 0 Å². The van der Waals surface area contributed by atoms with Gasteiger partial charge in [-0.1, -0.05) is 42.5 Å². The van der Waals surface area contributed by atoms with Crippen LogP contribution in [0.4, 0.5) is 0 Å². The van der Waals surface area contributed by atoms with E-state index in [2.05, 4.69) is 47.0 Å². The number of fused-ring (bicyclic) bond motifs is 1. The molecular formula is C29H33N5O2. The number of carbonyl (C=O) groups is 1. The van der Waals surface area contributed by atoms with E-state index in [-0.39, 0.29) is 5.91 Å². The van der Waals surface area contributed by atoms with Gasteiger partial charge in [0.25, 0.3) is 5.91 Å². The molecule has 4 aromatic rings. The van der Waals surface area contributed by atoms with E-state index in [0.29, 0.717) is 36.5 Å². The summed E-state index contributed by atoms with van der Waals surface area (Å²) in [5.41, 5.74) is 11.7. The Labute approximate surface area is 212 Å². The number of nitrogens with one attached hydrogen (secondary N) is 2. The molecule has 5 rings (SSSR count). The molecule has 0 aliphatic carbocycles. The summed E-state index contributed by atoms with van der Waals surface area (Å²) >= 11 is 0. The lowest BCUT2D eigenvalue weighted by molar-refractivity contribution is 0.0791. The molecule has 2 atom stereocenters. The van der Waals surface area contributed by atoms with Crippen molar-refractivity contribution in [1.82, 2.24) is 25.1 Å². The number of ether oxygens (including phenoxy) is 1. The number of hydrazine groups is 1. The predicted octanol–water partition coefficient (Wildman–Crippen LogP) is 4.68. The fourth-order valence-corrected chi connectivity index (χ4v) is 4.71. The molecule has 0 saturated carbocycles. The van der Waals surface area contributed by atoms with Crippen LogP contribution in [-0.2, 0) is 6.61 Å². The van der Waals surface area contributed by atoms with Gasteiger partial charge >= 0.3 is 0 Å². The summed E-state index contributed by atoms with van der Waals surface area (Å²) in [6, 6.07) is 22.7. The van der Waals surface area contributed by atoms with Crippen molar-refractivity contribution in [1.29, 1.82) is 0 Å². The van der Waals surface area contributed by atoms with Gasteiger partial charge in [0, 0.05) is 43.6 Å². The number of carbonyl (C=O) groups excluding carboxylic acids is 1. The lowest BCUT2D eigenvalue weighted by Gasteiger charge is -2.19. The quantitative estimate of drug-likeness (QED) is 0.362. The van der Waals surface area contributed by atoms with Crippen molar-refractivity contribution in [2.24, 2.45) is 0 Å². The van der Waals surface area contributed by atoms with Crippen LogP contribution in [0.1, 0.15) is 52.5 Å². The topological polar surface area (TPSA) is 70.9 Å². The van der Waals surface area contributed by atoms with Crippen LogP contribution >= 0.6 is 0 Å². The fourth-order valence-electron chi connectivity index (χ4n) is 4.71. The van der Waals surface area contributed by atoms with E-state index in [1.807, 2.05) is 66.3 Å². The molecule has 3 heterocycles. The van der Waals surface area contributed by atoms with Crippen molar-refractivity contribution >= 4 is 11.6 Å². The van der Waals surface area contributed by atoms with Gasteiger partial charge in [-0.3, -0.25) is 15.6 Å². The number of imidazole rings is 1. The van der Waals surface area contributed by atoms with Gasteiger partial charge in [0.1, 0.15) is 18.0 Å². The molecular weight excluding hydrogens is 450 g/mol. The Morgan fingerprint density at radius 1 is 1.08 bits per heavy atom. The van der Waals surface area contributed by atoms with Crippen molar-refractivity contribution in [2.75, 3.05) is 13.6 Å². The molecule has 7 heteroatoms. The van der Waals surface area contributed by atoms with Crippen LogP contribution in [0, 0.1) is 6.92 Å². The third-order valence-corrected chi connectivity index (χ3v) is 6.69. The first-order chi connectivity index (χ1) is 17.5. The lowest BCUT2D eigenvalue weighted by atomic mass is 10.00. The summed E-state index contributed by atoms with van der Waals surface area (Å²) in [7, 11) is 1.86. The summed E-state index contributed by atoms with van der Waals surface area (Å²) in [5.74, 6) is 0.666. The summed E-state index contributed by atoms with van der Waals surface area (Å²) in [4.78, 5) is 19.4. The van der Waals surface area contributed by atoms with Crippen LogP contribution in [-0.4, -0.2) is 39.8 Å². The summed E-state index contributed by atoms with van der Waals surface area (Å²) in [5, 5.41) is 0. The zero-order valence-corrected chi connectivity index (χ0v) is 20.9. The number of aromatic nitrogens is 2. The highest BCUT2D eigenvalue weighted by molar-refractivity contribution is 5.94. The Morgan fingerprint density at radius 3 is 2.81 bits per heavy atom. The molecule has 1 fully saturated rings. The van der Waals surface area contributed by atoms with Crippen LogP contribution in [0.5, 0.6) is 5.75 Å². The molecule has 2 unspecified atom stereocenters. The fraction of sp³-hybridized carbons (Fsp3) is 0.310. The summed E-state index contributed by atoms with van der Waals surface area (Å²) in [6.07, 6.45) is 7.01. The van der Waals surface area contributed by atoms with E-state index < -0.39 is 0 Å². The first-order valence-corrected chi connectivity index (χ1v) is 12.5. The van der Waals surface area contributed by atoms with Crippen LogP contribution < -0.4 is 15.6 Å². The van der Waals surface area contributed by atoms with Crippen molar-refractivity contribution in [3.63, 3.8) is 0 Å². The van der Waals surface area contributed by atoms with Gasteiger partial charge in [-0.05, 0) is 61.6 Å². The minimum atomic E-state index is 0.00308. The van der Waals surface area contributed by atoms with E-state index in [1.165, 1.54) is 11.1 Å². The Bertz CT molecular complexity index is 1320. The maximum absolute atomic E-state index is 13.0. The molecule has 7 nitrogen and oxygen atoms in total. The number of aryl methyl sites for hydroxylation is 1. The van der Waals surface area contributed by atoms with Crippen LogP contribution in [0.15, 0.2) is 79.1 Å². The van der Waals surface area contributed by atoms with Crippen LogP contribution in [0.25, 0.3) is 5.65 Å². The normalized spacial score (nSPS) is 17.4. The molecule has 0 spiro atoms. The molecule has 1 aliphatic heterocycles. The number of hydrogen-bond acceptors (Lipinski definition) is 5. The second kappa shape index (κ2) is 10.9. The molecule has 1 amide bonds. The SMILES string of the molecule is Cc1ccc2nc(COc3cccc(C(=O)N(C)CCCC4CC(c5ccccc5)NN4)c3)cn2c1. The van der Waals surface area contributed by atoms with Crippen molar-refractivity contribution in [3.05, 3.63) is 102 Å². The van der Waals surface area contributed by atoms with Crippen LogP contribution in [0.2, 0.25) is 0 Å². The van der Waals surface area contributed by atoms with Gasteiger partial charge in [0.2, 0.25) is 0 Å².